The molecule has 0 amide bonds. The Balaban J connectivity index is 0.00000264. The monoisotopic (exact) mass is 326 g/mol. The van der Waals surface area contributed by atoms with Gasteiger partial charge in [0.2, 0.25) is 0 Å². The summed E-state index contributed by atoms with van der Waals surface area (Å²) in [5.41, 5.74) is 1.59. The molecule has 0 aromatic heterocycles. The van der Waals surface area contributed by atoms with Crippen LogP contribution in [-0.2, 0) is 0 Å². The summed E-state index contributed by atoms with van der Waals surface area (Å²) in [4.78, 5) is 12.7. The average molecular weight is 326 g/mol. The number of benzene rings is 2. The Morgan fingerprint density at radius 3 is 1.87 bits per heavy atom. The van der Waals surface area contributed by atoms with Crippen molar-refractivity contribution in [1.82, 2.24) is 0 Å². The Morgan fingerprint density at radius 2 is 1.43 bits per heavy atom. The minimum atomic E-state index is -0.0276. The molecular formula is C17H20LiO4P. The second kappa shape index (κ2) is 8.99. The van der Waals surface area contributed by atoms with Crippen LogP contribution in [0, 0.1) is 6.92 Å². The van der Waals surface area contributed by atoms with Crippen LogP contribution in [0.2, 0.25) is 0 Å². The van der Waals surface area contributed by atoms with Crippen LogP contribution >= 0.6 is 8.58 Å². The molecule has 0 heterocycles. The van der Waals surface area contributed by atoms with E-state index in [-0.39, 0.29) is 33.0 Å². The van der Waals surface area contributed by atoms with Crippen molar-refractivity contribution in [3.8, 4) is 17.2 Å². The average Bonchev–Trinajstić information content (AvgIpc) is 2.55. The summed E-state index contributed by atoms with van der Waals surface area (Å²) in [5.74, 6) is 1.51. The van der Waals surface area contributed by atoms with Crippen LogP contribution in [0.5, 0.6) is 17.2 Å². The predicted octanol–water partition coefficient (Wildman–Crippen LogP) is 2.52. The van der Waals surface area contributed by atoms with Gasteiger partial charge in [-0.2, -0.15) is 0 Å². The van der Waals surface area contributed by atoms with Gasteiger partial charge in [0.25, 0.3) is 0 Å². The van der Waals surface area contributed by atoms with Gasteiger partial charge in [-0.1, -0.05) is 29.8 Å². The minimum absolute atomic E-state index is 0. The van der Waals surface area contributed by atoms with E-state index in [4.69, 9.17) is 14.2 Å². The summed E-state index contributed by atoms with van der Waals surface area (Å²) in [6.45, 7) is 2.02. The Hall–Kier alpha value is -1.46. The molecule has 0 saturated heterocycles. The third-order valence-electron chi connectivity index (χ3n) is 3.25. The molecule has 1 unspecified atom stereocenters. The van der Waals surface area contributed by atoms with Crippen LogP contribution in [0.25, 0.3) is 0 Å². The Labute approximate surface area is 150 Å². The molecule has 118 valence electrons. The van der Waals surface area contributed by atoms with E-state index < -0.39 is 0 Å². The van der Waals surface area contributed by atoms with Gasteiger partial charge >= 0.3 is 18.9 Å². The van der Waals surface area contributed by atoms with Gasteiger partial charge in [0, 0.05) is 12.1 Å². The van der Waals surface area contributed by atoms with Crippen molar-refractivity contribution in [2.24, 2.45) is 0 Å². The molecule has 23 heavy (non-hydrogen) atoms. The first kappa shape index (κ1) is 19.6. The van der Waals surface area contributed by atoms with E-state index in [1.165, 1.54) is 19.8 Å². The van der Waals surface area contributed by atoms with Crippen molar-refractivity contribution in [2.75, 3.05) is 21.3 Å². The Kier molecular flexibility index (Phi) is 7.65. The molecule has 0 aliphatic rings. The molecule has 0 spiro atoms. The van der Waals surface area contributed by atoms with Gasteiger partial charge in [-0.05, 0) is 20.8 Å². The molecule has 2 rings (SSSR count). The molecule has 0 aliphatic carbocycles. The normalized spacial score (nSPS) is 10.3. The molecule has 0 aliphatic heterocycles. The van der Waals surface area contributed by atoms with Crippen molar-refractivity contribution >= 4 is 38.3 Å². The molecule has 0 bridgehead atoms. The van der Waals surface area contributed by atoms with E-state index >= 15 is 0 Å². The van der Waals surface area contributed by atoms with Crippen LogP contribution in [0.15, 0.2) is 36.4 Å². The number of aryl methyl sites for hydroxylation is 1. The van der Waals surface area contributed by atoms with E-state index in [1.807, 2.05) is 31.2 Å². The second-order valence-electron chi connectivity index (χ2n) is 4.73. The third-order valence-corrected chi connectivity index (χ3v) is 4.35. The maximum atomic E-state index is 12.7. The first-order valence-corrected chi connectivity index (χ1v) is 7.77. The van der Waals surface area contributed by atoms with Crippen LogP contribution in [0.3, 0.4) is 0 Å². The zero-order chi connectivity index (χ0) is 16.1. The summed E-state index contributed by atoms with van der Waals surface area (Å²) in [5, 5.41) is 0.982. The van der Waals surface area contributed by atoms with Gasteiger partial charge in [-0.25, -0.2) is 0 Å². The number of rotatable bonds is 6. The van der Waals surface area contributed by atoms with Crippen LogP contribution in [-0.4, -0.2) is 45.7 Å². The van der Waals surface area contributed by atoms with Gasteiger partial charge < -0.3 is 14.2 Å². The molecular weight excluding hydrogens is 306 g/mol. The number of hydrogen-bond acceptors (Lipinski definition) is 4. The predicted molar refractivity (Wildman–Crippen MR) is 96.7 cm³/mol. The zero-order valence-corrected chi connectivity index (χ0v) is 14.1. The molecule has 1 atom stereocenters. The number of methoxy groups -OCH3 is 3. The summed E-state index contributed by atoms with van der Waals surface area (Å²) in [6, 6.07) is 11.3. The maximum absolute atomic E-state index is 12.7. The van der Waals surface area contributed by atoms with E-state index in [1.54, 1.807) is 19.2 Å². The second-order valence-corrected chi connectivity index (χ2v) is 6.01. The molecule has 0 saturated carbocycles. The van der Waals surface area contributed by atoms with Gasteiger partial charge in [-0.15, -0.1) is 0 Å². The van der Waals surface area contributed by atoms with Gasteiger partial charge in [-0.3, -0.25) is 4.79 Å². The van der Waals surface area contributed by atoms with Crippen molar-refractivity contribution < 1.29 is 19.0 Å². The molecule has 0 fully saturated rings. The number of carbonyl (C=O) groups is 1. The van der Waals surface area contributed by atoms with E-state index in [9.17, 15) is 4.79 Å². The summed E-state index contributed by atoms with van der Waals surface area (Å²) >= 11 is 0. The third kappa shape index (κ3) is 4.75. The van der Waals surface area contributed by atoms with Crippen LogP contribution in [0.4, 0.5) is 0 Å². The fourth-order valence-corrected chi connectivity index (χ4v) is 3.03. The molecule has 2 aromatic rings. The quantitative estimate of drug-likeness (QED) is 0.604. The first-order valence-electron chi connectivity index (χ1n) is 6.77. The van der Waals surface area contributed by atoms with Crippen molar-refractivity contribution in [3.05, 3.63) is 47.5 Å². The van der Waals surface area contributed by atoms with E-state index in [2.05, 4.69) is 0 Å². The van der Waals surface area contributed by atoms with Crippen molar-refractivity contribution in [1.29, 1.82) is 0 Å². The summed E-state index contributed by atoms with van der Waals surface area (Å²) < 4.78 is 15.9. The first-order chi connectivity index (χ1) is 10.6. The van der Waals surface area contributed by atoms with Crippen LogP contribution in [0.1, 0.15) is 15.9 Å². The Bertz CT molecular complexity index is 646. The summed E-state index contributed by atoms with van der Waals surface area (Å²) in [6.07, 6.45) is 0. The zero-order valence-electron chi connectivity index (χ0n) is 13.1. The molecule has 6 heteroatoms. The Morgan fingerprint density at radius 1 is 0.913 bits per heavy atom. The number of carbonyl (C=O) groups excluding carboxylic acids is 1. The number of hydrogen-bond donors (Lipinski definition) is 0. The number of ether oxygens (including phenoxy) is 3. The standard InChI is InChI=1S/C17H19O4P.Li.H/c1-11-5-7-13(8-6-11)22-17(18)16-14(20-3)9-12(19-2)10-15(16)21-4;;/h5-10,22H,1-4H3;;. The van der Waals surface area contributed by atoms with Crippen LogP contribution < -0.4 is 19.5 Å². The van der Waals surface area contributed by atoms with Gasteiger partial charge in [0.15, 0.2) is 5.52 Å². The molecule has 0 radical (unpaired) electrons. The van der Waals surface area contributed by atoms with Gasteiger partial charge in [0.1, 0.15) is 22.8 Å². The van der Waals surface area contributed by atoms with Crippen molar-refractivity contribution in [2.45, 2.75) is 6.92 Å². The fourth-order valence-electron chi connectivity index (χ4n) is 2.06. The fraction of sp³-hybridized carbons (Fsp3) is 0.235. The molecule has 0 N–H and O–H groups in total. The SMILES string of the molecule is COc1cc(OC)c(C(=O)Pc2ccc(C)cc2)c(OC)c1.[LiH]. The summed E-state index contributed by atoms with van der Waals surface area (Å²) in [7, 11) is 4.62. The van der Waals surface area contributed by atoms with Crippen molar-refractivity contribution in [3.63, 3.8) is 0 Å². The van der Waals surface area contributed by atoms with E-state index in [0.717, 1.165) is 5.30 Å². The van der Waals surface area contributed by atoms with E-state index in [0.29, 0.717) is 22.8 Å². The van der Waals surface area contributed by atoms with Gasteiger partial charge in [0.05, 0.1) is 21.3 Å². The topological polar surface area (TPSA) is 44.8 Å². The molecule has 4 nitrogen and oxygen atoms in total. The molecule has 2 aromatic carbocycles.